The molecular formula is C7H11ClN2. The molecule has 0 aliphatic carbocycles. The Morgan fingerprint density at radius 3 is 2.30 bits per heavy atom. The van der Waals surface area contributed by atoms with E-state index in [1.54, 1.807) is 18.2 Å². The monoisotopic (exact) mass is 158 g/mol. The second kappa shape index (κ2) is 5.06. The maximum Gasteiger partial charge on any atom is 0.131 e. The summed E-state index contributed by atoms with van der Waals surface area (Å²) in [5.41, 5.74) is 5.26. The lowest BCUT2D eigenvalue weighted by Gasteiger charge is -1.88. The van der Waals surface area contributed by atoms with Crippen molar-refractivity contribution in [3.8, 4) is 0 Å². The molecule has 0 saturated heterocycles. The molecule has 1 aromatic heterocycles. The van der Waals surface area contributed by atoms with E-state index in [-0.39, 0.29) is 0 Å². The van der Waals surface area contributed by atoms with Gasteiger partial charge in [0.05, 0.1) is 0 Å². The van der Waals surface area contributed by atoms with E-state index in [1.807, 2.05) is 13.8 Å². The number of hydrogen-bond acceptors (Lipinski definition) is 2. The quantitative estimate of drug-likeness (QED) is 0.589. The van der Waals surface area contributed by atoms with Crippen molar-refractivity contribution < 1.29 is 0 Å². The first-order chi connectivity index (χ1) is 4.79. The van der Waals surface area contributed by atoms with Crippen LogP contribution in [0.5, 0.6) is 0 Å². The summed E-state index contributed by atoms with van der Waals surface area (Å²) in [5.74, 6) is 0.456. The Kier molecular flexibility index (Phi) is 4.67. The van der Waals surface area contributed by atoms with Crippen LogP contribution in [0.15, 0.2) is 18.2 Å². The Morgan fingerprint density at radius 1 is 1.40 bits per heavy atom. The van der Waals surface area contributed by atoms with Gasteiger partial charge in [-0.2, -0.15) is 0 Å². The maximum atomic E-state index is 5.45. The van der Waals surface area contributed by atoms with Crippen LogP contribution in [0.2, 0.25) is 5.15 Å². The minimum absolute atomic E-state index is 0.435. The maximum absolute atomic E-state index is 5.45. The van der Waals surface area contributed by atoms with Crippen molar-refractivity contribution in [2.45, 2.75) is 13.8 Å². The van der Waals surface area contributed by atoms with Gasteiger partial charge < -0.3 is 5.73 Å². The molecule has 0 radical (unpaired) electrons. The highest BCUT2D eigenvalue weighted by Gasteiger charge is 1.84. The summed E-state index contributed by atoms with van der Waals surface area (Å²) < 4.78 is 0. The van der Waals surface area contributed by atoms with Crippen molar-refractivity contribution in [2.24, 2.45) is 0 Å². The average molecular weight is 159 g/mol. The van der Waals surface area contributed by atoms with Gasteiger partial charge in [0.1, 0.15) is 11.0 Å². The van der Waals surface area contributed by atoms with E-state index in [0.29, 0.717) is 11.0 Å². The molecule has 1 aromatic rings. The van der Waals surface area contributed by atoms with Gasteiger partial charge in [0.25, 0.3) is 0 Å². The first-order valence-corrected chi connectivity index (χ1v) is 3.55. The number of halogens is 1. The molecule has 0 saturated carbocycles. The number of nitrogens with two attached hydrogens (primary N) is 1. The second-order valence-corrected chi connectivity index (χ2v) is 1.77. The van der Waals surface area contributed by atoms with Crippen LogP contribution in [0.3, 0.4) is 0 Å². The highest BCUT2D eigenvalue weighted by molar-refractivity contribution is 6.29. The summed E-state index contributed by atoms with van der Waals surface area (Å²) in [4.78, 5) is 3.72. The molecule has 56 valence electrons. The topological polar surface area (TPSA) is 38.9 Å². The van der Waals surface area contributed by atoms with Crippen LogP contribution in [0, 0.1) is 0 Å². The van der Waals surface area contributed by atoms with Crippen molar-refractivity contribution in [2.75, 3.05) is 5.73 Å². The molecule has 0 aliphatic heterocycles. The lowest BCUT2D eigenvalue weighted by Crippen LogP contribution is -1.87. The zero-order valence-corrected chi connectivity index (χ0v) is 6.89. The molecule has 0 fully saturated rings. The fourth-order valence-electron chi connectivity index (χ4n) is 0.424. The second-order valence-electron chi connectivity index (χ2n) is 1.39. The summed E-state index contributed by atoms with van der Waals surface area (Å²) in [6.07, 6.45) is 0. The van der Waals surface area contributed by atoms with Crippen LogP contribution in [-0.4, -0.2) is 4.98 Å². The van der Waals surface area contributed by atoms with Crippen LogP contribution in [0.4, 0.5) is 5.82 Å². The Bertz CT molecular complexity index is 171. The minimum atomic E-state index is 0.435. The number of nitrogens with zero attached hydrogens (tertiary/aromatic N) is 1. The van der Waals surface area contributed by atoms with Crippen LogP contribution in [-0.2, 0) is 0 Å². The standard InChI is InChI=1S/C5H5ClN2.C2H6/c6-4-2-1-3-5(7)8-4;1-2/h1-3H,(H2,7,8);1-2H3. The van der Waals surface area contributed by atoms with Crippen molar-refractivity contribution >= 4 is 17.4 Å². The molecule has 2 nitrogen and oxygen atoms in total. The van der Waals surface area contributed by atoms with Crippen molar-refractivity contribution in [1.82, 2.24) is 4.98 Å². The SMILES string of the molecule is CC.Nc1cccc(Cl)n1. The lowest BCUT2D eigenvalue weighted by molar-refractivity contribution is 1.34. The minimum Gasteiger partial charge on any atom is -0.384 e. The molecular weight excluding hydrogens is 148 g/mol. The van der Waals surface area contributed by atoms with Gasteiger partial charge in [0.2, 0.25) is 0 Å². The first kappa shape index (κ1) is 9.24. The van der Waals surface area contributed by atoms with Gasteiger partial charge in [0, 0.05) is 0 Å². The normalized spacial score (nSPS) is 7.90. The van der Waals surface area contributed by atoms with E-state index < -0.39 is 0 Å². The number of rotatable bonds is 0. The van der Waals surface area contributed by atoms with Gasteiger partial charge in [0.15, 0.2) is 0 Å². The number of hydrogen-bond donors (Lipinski definition) is 1. The average Bonchev–Trinajstić information content (AvgIpc) is 1.91. The third-order valence-electron chi connectivity index (χ3n) is 0.737. The molecule has 0 aromatic carbocycles. The fourth-order valence-corrected chi connectivity index (χ4v) is 0.594. The number of anilines is 1. The smallest absolute Gasteiger partial charge is 0.131 e. The summed E-state index contributed by atoms with van der Waals surface area (Å²) in [7, 11) is 0. The Morgan fingerprint density at radius 2 is 2.00 bits per heavy atom. The molecule has 10 heavy (non-hydrogen) atoms. The van der Waals surface area contributed by atoms with Gasteiger partial charge in [-0.1, -0.05) is 31.5 Å². The zero-order chi connectivity index (χ0) is 7.98. The van der Waals surface area contributed by atoms with Gasteiger partial charge in [-0.3, -0.25) is 0 Å². The van der Waals surface area contributed by atoms with Crippen LogP contribution >= 0.6 is 11.6 Å². The summed E-state index contributed by atoms with van der Waals surface area (Å²) in [6, 6.07) is 5.12. The predicted octanol–water partition coefficient (Wildman–Crippen LogP) is 2.34. The van der Waals surface area contributed by atoms with Gasteiger partial charge in [-0.05, 0) is 12.1 Å². The molecule has 0 atom stereocenters. The van der Waals surface area contributed by atoms with Crippen molar-refractivity contribution in [1.29, 1.82) is 0 Å². The molecule has 0 unspecified atom stereocenters. The van der Waals surface area contributed by atoms with Gasteiger partial charge in [-0.25, -0.2) is 4.98 Å². The third kappa shape index (κ3) is 3.30. The van der Waals surface area contributed by atoms with Crippen molar-refractivity contribution in [3.63, 3.8) is 0 Å². The van der Waals surface area contributed by atoms with Crippen LogP contribution in [0.25, 0.3) is 0 Å². The van der Waals surface area contributed by atoms with Crippen LogP contribution < -0.4 is 5.73 Å². The van der Waals surface area contributed by atoms with E-state index in [2.05, 4.69) is 4.98 Å². The molecule has 2 N–H and O–H groups in total. The molecule has 1 rings (SSSR count). The highest BCUT2D eigenvalue weighted by atomic mass is 35.5. The Hall–Kier alpha value is -0.760. The van der Waals surface area contributed by atoms with Crippen LogP contribution in [0.1, 0.15) is 13.8 Å². The van der Waals surface area contributed by atoms with E-state index in [4.69, 9.17) is 17.3 Å². The third-order valence-corrected chi connectivity index (χ3v) is 0.947. The molecule has 0 bridgehead atoms. The van der Waals surface area contributed by atoms with E-state index in [9.17, 15) is 0 Å². The summed E-state index contributed by atoms with van der Waals surface area (Å²) in [6.45, 7) is 4.00. The van der Waals surface area contributed by atoms with Crippen molar-refractivity contribution in [3.05, 3.63) is 23.4 Å². The van der Waals surface area contributed by atoms with Gasteiger partial charge >= 0.3 is 0 Å². The summed E-state index contributed by atoms with van der Waals surface area (Å²) in [5, 5.41) is 0.435. The van der Waals surface area contributed by atoms with E-state index in [1.165, 1.54) is 0 Å². The molecule has 1 heterocycles. The number of nitrogen functional groups attached to an aromatic ring is 1. The highest BCUT2D eigenvalue weighted by Crippen LogP contribution is 2.04. The number of aromatic nitrogens is 1. The molecule has 0 aliphatic rings. The zero-order valence-electron chi connectivity index (χ0n) is 6.13. The molecule has 0 spiro atoms. The Balaban J connectivity index is 0.000000371. The molecule has 3 heteroatoms. The van der Waals surface area contributed by atoms with E-state index in [0.717, 1.165) is 0 Å². The fraction of sp³-hybridized carbons (Fsp3) is 0.286. The number of pyridine rings is 1. The lowest BCUT2D eigenvalue weighted by atomic mass is 10.5. The first-order valence-electron chi connectivity index (χ1n) is 3.17. The Labute approximate surface area is 66.0 Å². The predicted molar refractivity (Wildman–Crippen MR) is 45.0 cm³/mol. The van der Waals surface area contributed by atoms with E-state index >= 15 is 0 Å². The molecule has 0 amide bonds. The van der Waals surface area contributed by atoms with Gasteiger partial charge in [-0.15, -0.1) is 0 Å². The largest absolute Gasteiger partial charge is 0.384 e. The summed E-state index contributed by atoms with van der Waals surface area (Å²) >= 11 is 5.45.